The number of carbonyl (C=O) groups is 3. The summed E-state index contributed by atoms with van der Waals surface area (Å²) in [7, 11) is 0. The Bertz CT molecular complexity index is 668. The molecule has 1 heterocycles. The van der Waals surface area contributed by atoms with Crippen molar-refractivity contribution in [3.63, 3.8) is 0 Å². The smallest absolute Gasteiger partial charge is 0.325 e. The van der Waals surface area contributed by atoms with Crippen LogP contribution in [-0.4, -0.2) is 47.5 Å². The molecule has 1 unspecified atom stereocenters. The molecule has 1 aliphatic heterocycles. The topological polar surface area (TPSA) is 99.8 Å². The summed E-state index contributed by atoms with van der Waals surface area (Å²) in [5, 5.41) is 2.71. The largest absolute Gasteiger partial charge is 0.465 e. The quantitative estimate of drug-likeness (QED) is 0.367. The Kier molecular flexibility index (Phi) is 7.34. The van der Waals surface area contributed by atoms with Gasteiger partial charge in [0, 0.05) is 19.5 Å². The van der Waals surface area contributed by atoms with Crippen LogP contribution >= 0.6 is 12.2 Å². The standard InChI is InChI=1S/C17H22N4O4S/c1-2-25-15(23)9-18-17(26)20-19-16(24)13-8-14(22)21(11-13)10-12-6-4-3-5-7-12/h3-7,13H,2,8-11H2,1H3,(H,19,24)(H2,18,20,26). The van der Waals surface area contributed by atoms with Gasteiger partial charge in [0.2, 0.25) is 11.8 Å². The van der Waals surface area contributed by atoms with E-state index in [0.717, 1.165) is 5.56 Å². The minimum Gasteiger partial charge on any atom is -0.465 e. The van der Waals surface area contributed by atoms with E-state index in [2.05, 4.69) is 16.2 Å². The second-order valence-corrected chi connectivity index (χ2v) is 6.17. The molecule has 1 saturated heterocycles. The van der Waals surface area contributed by atoms with E-state index in [1.54, 1.807) is 11.8 Å². The third-order valence-electron chi connectivity index (χ3n) is 3.80. The number of hydrogen-bond donors (Lipinski definition) is 3. The molecule has 0 spiro atoms. The molecule has 1 aromatic rings. The Morgan fingerprint density at radius 1 is 1.27 bits per heavy atom. The Hall–Kier alpha value is -2.68. The maximum atomic E-state index is 12.2. The molecule has 3 N–H and O–H groups in total. The zero-order chi connectivity index (χ0) is 18.9. The van der Waals surface area contributed by atoms with E-state index in [0.29, 0.717) is 13.1 Å². The average Bonchev–Trinajstić information content (AvgIpc) is 2.99. The molecule has 1 fully saturated rings. The summed E-state index contributed by atoms with van der Waals surface area (Å²) in [5.74, 6) is -1.28. The lowest BCUT2D eigenvalue weighted by Gasteiger charge is -2.17. The van der Waals surface area contributed by atoms with Gasteiger partial charge in [-0.2, -0.15) is 0 Å². The number of amides is 2. The molecule has 0 saturated carbocycles. The van der Waals surface area contributed by atoms with Gasteiger partial charge in [-0.1, -0.05) is 30.3 Å². The van der Waals surface area contributed by atoms with Crippen molar-refractivity contribution < 1.29 is 19.1 Å². The molecule has 2 rings (SSSR count). The van der Waals surface area contributed by atoms with Crippen LogP contribution in [0.3, 0.4) is 0 Å². The summed E-state index contributed by atoms with van der Waals surface area (Å²) in [6.07, 6.45) is 0.156. The Morgan fingerprint density at radius 2 is 2.00 bits per heavy atom. The number of nitrogens with zero attached hydrogens (tertiary/aromatic N) is 1. The van der Waals surface area contributed by atoms with Crippen LogP contribution in [0.4, 0.5) is 0 Å². The first-order valence-corrected chi connectivity index (χ1v) is 8.71. The zero-order valence-electron chi connectivity index (χ0n) is 14.5. The van der Waals surface area contributed by atoms with Gasteiger partial charge in [0.25, 0.3) is 0 Å². The number of ether oxygens (including phenoxy) is 1. The van der Waals surface area contributed by atoms with Crippen molar-refractivity contribution in [1.29, 1.82) is 0 Å². The highest BCUT2D eigenvalue weighted by molar-refractivity contribution is 7.80. The fourth-order valence-electron chi connectivity index (χ4n) is 2.53. The van der Waals surface area contributed by atoms with Crippen LogP contribution < -0.4 is 16.2 Å². The molecule has 0 bridgehead atoms. The molecule has 1 atom stereocenters. The molecule has 140 valence electrons. The summed E-state index contributed by atoms with van der Waals surface area (Å²) in [5.41, 5.74) is 6.00. The number of hydrazine groups is 1. The van der Waals surface area contributed by atoms with Crippen LogP contribution in [0.1, 0.15) is 18.9 Å². The fourth-order valence-corrected chi connectivity index (χ4v) is 2.66. The summed E-state index contributed by atoms with van der Waals surface area (Å²) in [4.78, 5) is 37.2. The van der Waals surface area contributed by atoms with Crippen molar-refractivity contribution in [2.24, 2.45) is 5.92 Å². The van der Waals surface area contributed by atoms with E-state index < -0.39 is 11.9 Å². The molecule has 1 aliphatic rings. The number of hydrogen-bond acceptors (Lipinski definition) is 5. The molecular weight excluding hydrogens is 356 g/mol. The molecule has 26 heavy (non-hydrogen) atoms. The zero-order valence-corrected chi connectivity index (χ0v) is 15.3. The molecule has 1 aromatic carbocycles. The first kappa shape index (κ1) is 19.6. The summed E-state index contributed by atoms with van der Waals surface area (Å²) in [6, 6.07) is 9.62. The van der Waals surface area contributed by atoms with E-state index >= 15 is 0 Å². The fraction of sp³-hybridized carbons (Fsp3) is 0.412. The van der Waals surface area contributed by atoms with E-state index in [1.165, 1.54) is 0 Å². The Morgan fingerprint density at radius 3 is 2.69 bits per heavy atom. The first-order chi connectivity index (χ1) is 12.5. The van der Waals surface area contributed by atoms with Crippen molar-refractivity contribution >= 4 is 35.1 Å². The second kappa shape index (κ2) is 9.71. The van der Waals surface area contributed by atoms with Gasteiger partial charge < -0.3 is 15.0 Å². The number of carbonyl (C=O) groups excluding carboxylic acids is 3. The number of rotatable bonds is 6. The van der Waals surface area contributed by atoms with E-state index in [1.807, 2.05) is 30.3 Å². The lowest BCUT2D eigenvalue weighted by molar-refractivity contribution is -0.141. The van der Waals surface area contributed by atoms with Gasteiger partial charge >= 0.3 is 5.97 Å². The lowest BCUT2D eigenvalue weighted by atomic mass is 10.1. The SMILES string of the molecule is CCOC(=O)CNC(=S)NNC(=O)C1CC(=O)N(Cc2ccccc2)C1. The second-order valence-electron chi connectivity index (χ2n) is 5.76. The maximum Gasteiger partial charge on any atom is 0.325 e. The van der Waals surface area contributed by atoms with Crippen LogP contribution in [0.15, 0.2) is 30.3 Å². The predicted octanol–water partition coefficient (Wildman–Crippen LogP) is 0.0935. The lowest BCUT2D eigenvalue weighted by Crippen LogP contribution is -2.50. The van der Waals surface area contributed by atoms with Crippen LogP contribution in [0.5, 0.6) is 0 Å². The predicted molar refractivity (Wildman–Crippen MR) is 98.5 cm³/mol. The van der Waals surface area contributed by atoms with Gasteiger partial charge in [0.15, 0.2) is 5.11 Å². The highest BCUT2D eigenvalue weighted by Crippen LogP contribution is 2.20. The maximum absolute atomic E-state index is 12.2. The third-order valence-corrected chi connectivity index (χ3v) is 4.05. The molecule has 2 amide bonds. The highest BCUT2D eigenvalue weighted by Gasteiger charge is 2.34. The number of esters is 1. The minimum atomic E-state index is -0.452. The van der Waals surface area contributed by atoms with Gasteiger partial charge in [0.1, 0.15) is 6.54 Å². The molecule has 0 aliphatic carbocycles. The van der Waals surface area contributed by atoms with Crippen LogP contribution in [-0.2, 0) is 25.7 Å². The molecule has 9 heteroatoms. The van der Waals surface area contributed by atoms with E-state index in [9.17, 15) is 14.4 Å². The molecule has 0 aromatic heterocycles. The minimum absolute atomic E-state index is 0.0583. The average molecular weight is 378 g/mol. The van der Waals surface area contributed by atoms with Gasteiger partial charge in [-0.05, 0) is 24.7 Å². The number of nitrogens with one attached hydrogen (secondary N) is 3. The van der Waals surface area contributed by atoms with Crippen molar-refractivity contribution in [3.05, 3.63) is 35.9 Å². The van der Waals surface area contributed by atoms with Gasteiger partial charge in [-0.25, -0.2) is 0 Å². The Labute approximate surface area is 157 Å². The third kappa shape index (κ3) is 5.99. The van der Waals surface area contributed by atoms with Crippen molar-refractivity contribution in [2.45, 2.75) is 19.9 Å². The van der Waals surface area contributed by atoms with Gasteiger partial charge in [-0.3, -0.25) is 25.2 Å². The van der Waals surface area contributed by atoms with Crippen LogP contribution in [0.2, 0.25) is 0 Å². The molecular formula is C17H22N4O4S. The number of likely N-dealkylation sites (tertiary alicyclic amines) is 1. The molecule has 0 radical (unpaired) electrons. The summed E-state index contributed by atoms with van der Waals surface area (Å²) >= 11 is 4.96. The Balaban J connectivity index is 1.73. The van der Waals surface area contributed by atoms with E-state index in [-0.39, 0.29) is 36.5 Å². The monoisotopic (exact) mass is 378 g/mol. The van der Waals surface area contributed by atoms with Crippen molar-refractivity contribution in [2.75, 3.05) is 19.7 Å². The van der Waals surface area contributed by atoms with Gasteiger partial charge in [-0.15, -0.1) is 0 Å². The van der Waals surface area contributed by atoms with Crippen LogP contribution in [0, 0.1) is 5.92 Å². The van der Waals surface area contributed by atoms with Crippen LogP contribution in [0.25, 0.3) is 0 Å². The number of benzene rings is 1. The normalized spacial score (nSPS) is 16.1. The molecule has 8 nitrogen and oxygen atoms in total. The van der Waals surface area contributed by atoms with Crippen molar-refractivity contribution in [3.8, 4) is 0 Å². The van der Waals surface area contributed by atoms with Crippen molar-refractivity contribution in [1.82, 2.24) is 21.1 Å². The first-order valence-electron chi connectivity index (χ1n) is 8.30. The highest BCUT2D eigenvalue weighted by atomic mass is 32.1. The van der Waals surface area contributed by atoms with E-state index in [4.69, 9.17) is 17.0 Å². The number of thiocarbonyl (C=S) groups is 1. The van der Waals surface area contributed by atoms with Gasteiger partial charge in [0.05, 0.1) is 12.5 Å². The summed E-state index contributed by atoms with van der Waals surface area (Å²) < 4.78 is 4.75. The summed E-state index contributed by atoms with van der Waals surface area (Å²) in [6.45, 7) is 2.73.